The molecule has 14 heteroatoms. The van der Waals surface area contributed by atoms with Crippen LogP contribution < -0.4 is 19.5 Å². The van der Waals surface area contributed by atoms with Crippen LogP contribution >= 0.6 is 8.46 Å². The number of non-ortho nitro benzene ring substituents is 3. The lowest BCUT2D eigenvalue weighted by Crippen LogP contribution is -2.04. The molecular weight excluding hydrogens is 521 g/mol. The number of nitro benzene ring substituents is 3. The van der Waals surface area contributed by atoms with Crippen molar-refractivity contribution in [1.82, 2.24) is 0 Å². The third kappa shape index (κ3) is 5.86. The molecule has 13 nitrogen and oxygen atoms in total. The van der Waals surface area contributed by atoms with Gasteiger partial charge in [0.1, 0.15) is 17.2 Å². The van der Waals surface area contributed by atoms with Gasteiger partial charge in [0.2, 0.25) is 5.75 Å². The normalized spacial score (nSPS) is 10.5. The summed E-state index contributed by atoms with van der Waals surface area (Å²) in [6.07, 6.45) is 0. The molecule has 0 saturated heterocycles. The molecule has 0 heterocycles. The van der Waals surface area contributed by atoms with Crippen molar-refractivity contribution >= 4 is 30.8 Å². The lowest BCUT2D eigenvalue weighted by atomic mass is 10.2. The Labute approximate surface area is 214 Å². The Morgan fingerprint density at radius 1 is 0.500 bits per heavy atom. The molecule has 0 unspecified atom stereocenters. The van der Waals surface area contributed by atoms with Gasteiger partial charge in [-0.1, -0.05) is 0 Å². The highest BCUT2D eigenvalue weighted by atomic mass is 31.1. The van der Waals surface area contributed by atoms with Crippen LogP contribution in [0.2, 0.25) is 0 Å². The Kier molecular flexibility index (Phi) is 7.50. The summed E-state index contributed by atoms with van der Waals surface area (Å²) in [5.74, 6) is 0.433. The largest absolute Gasteiger partial charge is 0.453 e. The first kappa shape index (κ1) is 25.7. The molecule has 4 aromatic rings. The monoisotopic (exact) mass is 535 g/mol. The van der Waals surface area contributed by atoms with Crippen molar-refractivity contribution in [3.05, 3.63) is 115 Å². The molecule has 0 saturated carbocycles. The molecule has 0 N–H and O–H groups in total. The molecule has 190 valence electrons. The average molecular weight is 535 g/mol. The second-order valence-corrected chi connectivity index (χ2v) is 8.06. The lowest BCUT2D eigenvalue weighted by Gasteiger charge is -2.17. The van der Waals surface area contributed by atoms with E-state index in [1.165, 1.54) is 84.9 Å². The molecule has 0 aliphatic carbocycles. The number of ether oxygens (including phenoxy) is 3. The number of nitrogens with zero attached hydrogens (tertiary/aromatic N) is 3. The fraction of sp³-hybridized carbons (Fsp3) is 0. The van der Waals surface area contributed by atoms with Crippen LogP contribution in [0, 0.1) is 30.3 Å². The Hall–Kier alpha value is -5.42. The summed E-state index contributed by atoms with van der Waals surface area (Å²) in [5, 5.41) is 33.1. The van der Waals surface area contributed by atoms with Crippen molar-refractivity contribution in [3.63, 3.8) is 0 Å². The summed E-state index contributed by atoms with van der Waals surface area (Å²) in [5.41, 5.74) is -0.492. The van der Waals surface area contributed by atoms with Gasteiger partial charge in [-0.15, -0.1) is 0 Å². The lowest BCUT2D eigenvalue weighted by molar-refractivity contribution is -0.385. The van der Waals surface area contributed by atoms with Crippen molar-refractivity contribution in [3.8, 4) is 34.5 Å². The van der Waals surface area contributed by atoms with Gasteiger partial charge in [0.15, 0.2) is 20.0 Å². The first-order valence-electron chi connectivity index (χ1n) is 10.5. The molecule has 0 fully saturated rings. The average Bonchev–Trinajstić information content (AvgIpc) is 2.91. The summed E-state index contributed by atoms with van der Waals surface area (Å²) >= 11 is 0. The molecule has 0 atom stereocenters. The molecule has 4 rings (SSSR count). The SMILES string of the molecule is O=Pc1ccc(Oc2ccc([N+](=O)[O-])cc2)c(Oc2ccc([N+](=O)[O-])cc2)c1Oc1ccc([N+](=O)[O-])cc1. The molecule has 0 spiro atoms. The maximum Gasteiger partial charge on any atom is 0.269 e. The van der Waals surface area contributed by atoms with Gasteiger partial charge >= 0.3 is 0 Å². The fourth-order valence-corrected chi connectivity index (χ4v) is 3.52. The zero-order valence-corrected chi connectivity index (χ0v) is 19.8. The number of hydrogen-bond donors (Lipinski definition) is 0. The van der Waals surface area contributed by atoms with Crippen LogP contribution in [-0.2, 0) is 4.57 Å². The van der Waals surface area contributed by atoms with E-state index in [1.807, 2.05) is 0 Å². The molecule has 0 bridgehead atoms. The number of rotatable bonds is 10. The molecule has 0 radical (unpaired) electrons. The van der Waals surface area contributed by atoms with Gasteiger partial charge in [-0.2, -0.15) is 0 Å². The van der Waals surface area contributed by atoms with E-state index in [0.717, 1.165) is 0 Å². The Morgan fingerprint density at radius 3 is 1.24 bits per heavy atom. The standard InChI is InChI=1S/C24H14N3O10P/c28-25(29)15-1-7-18(8-2-15)35-21-13-14-22(38-34)24(37-20-11-5-17(6-12-20)27(32)33)23(21)36-19-9-3-16(4-10-19)26(30)31/h1-14H. The minimum atomic E-state index is -0.576. The molecular formula is C24H14N3O10P. The Balaban J connectivity index is 1.78. The minimum absolute atomic E-state index is 0.0570. The molecule has 0 aromatic heterocycles. The highest BCUT2D eigenvalue weighted by Gasteiger charge is 2.22. The van der Waals surface area contributed by atoms with Gasteiger partial charge in [0.25, 0.3) is 17.1 Å². The quantitative estimate of drug-likeness (QED) is 0.121. The second-order valence-electron chi connectivity index (χ2n) is 7.39. The molecule has 0 aliphatic rings. The van der Waals surface area contributed by atoms with Crippen molar-refractivity contribution in [2.45, 2.75) is 0 Å². The summed E-state index contributed by atoms with van der Waals surface area (Å²) in [7, 11) is -0.453. The molecule has 0 amide bonds. The summed E-state index contributed by atoms with van der Waals surface area (Å²) in [6.45, 7) is 0. The van der Waals surface area contributed by atoms with Crippen LogP contribution in [0.15, 0.2) is 84.9 Å². The van der Waals surface area contributed by atoms with E-state index < -0.39 is 23.2 Å². The summed E-state index contributed by atoms with van der Waals surface area (Å²) in [6, 6.07) is 18.3. The van der Waals surface area contributed by atoms with E-state index in [0.29, 0.717) is 0 Å². The van der Waals surface area contributed by atoms with Crippen molar-refractivity contribution in [2.24, 2.45) is 0 Å². The topological polar surface area (TPSA) is 174 Å². The van der Waals surface area contributed by atoms with Crippen LogP contribution in [0.1, 0.15) is 0 Å². The predicted octanol–water partition coefficient (Wildman–Crippen LogP) is 6.71. The van der Waals surface area contributed by atoms with Gasteiger partial charge < -0.3 is 14.2 Å². The minimum Gasteiger partial charge on any atom is -0.453 e. The third-order valence-corrected chi connectivity index (χ3v) is 5.51. The van der Waals surface area contributed by atoms with E-state index in [9.17, 15) is 34.9 Å². The van der Waals surface area contributed by atoms with Crippen LogP contribution in [0.5, 0.6) is 34.5 Å². The third-order valence-electron chi connectivity index (χ3n) is 4.96. The zero-order valence-electron chi connectivity index (χ0n) is 19.0. The van der Waals surface area contributed by atoms with Crippen molar-refractivity contribution in [2.75, 3.05) is 0 Å². The maximum absolute atomic E-state index is 11.9. The van der Waals surface area contributed by atoms with Gasteiger partial charge in [0, 0.05) is 36.4 Å². The maximum atomic E-state index is 11.9. The predicted molar refractivity (Wildman–Crippen MR) is 133 cm³/mol. The van der Waals surface area contributed by atoms with Gasteiger partial charge in [-0.3, -0.25) is 34.9 Å². The smallest absolute Gasteiger partial charge is 0.269 e. The van der Waals surface area contributed by atoms with Crippen LogP contribution in [0.3, 0.4) is 0 Å². The van der Waals surface area contributed by atoms with E-state index in [-0.39, 0.29) is 56.9 Å². The number of nitro groups is 3. The molecule has 4 aromatic carbocycles. The molecule has 38 heavy (non-hydrogen) atoms. The molecule has 0 aliphatic heterocycles. The van der Waals surface area contributed by atoms with Crippen molar-refractivity contribution < 1.29 is 33.5 Å². The summed E-state index contributed by atoms with van der Waals surface area (Å²) < 4.78 is 29.7. The second kappa shape index (κ2) is 11.1. The zero-order chi connectivity index (χ0) is 27.2. The number of hydrogen-bond acceptors (Lipinski definition) is 10. The first-order valence-corrected chi connectivity index (χ1v) is 11.3. The fourth-order valence-electron chi connectivity index (χ4n) is 3.15. The Bertz CT molecular complexity index is 1530. The van der Waals surface area contributed by atoms with Crippen LogP contribution in [0.25, 0.3) is 0 Å². The highest BCUT2D eigenvalue weighted by Crippen LogP contribution is 2.44. The van der Waals surface area contributed by atoms with Crippen LogP contribution in [-0.4, -0.2) is 14.8 Å². The van der Waals surface area contributed by atoms with Gasteiger partial charge in [-0.25, -0.2) is 0 Å². The van der Waals surface area contributed by atoms with E-state index >= 15 is 0 Å². The van der Waals surface area contributed by atoms with Crippen LogP contribution in [0.4, 0.5) is 17.1 Å². The number of benzene rings is 4. The van der Waals surface area contributed by atoms with E-state index in [4.69, 9.17) is 14.2 Å². The van der Waals surface area contributed by atoms with Gasteiger partial charge in [0.05, 0.1) is 20.1 Å². The van der Waals surface area contributed by atoms with E-state index in [2.05, 4.69) is 0 Å². The van der Waals surface area contributed by atoms with E-state index in [1.54, 1.807) is 0 Å². The Morgan fingerprint density at radius 2 is 0.868 bits per heavy atom. The summed E-state index contributed by atoms with van der Waals surface area (Å²) in [4.78, 5) is 31.2. The highest BCUT2D eigenvalue weighted by molar-refractivity contribution is 7.34. The van der Waals surface area contributed by atoms with Crippen molar-refractivity contribution in [1.29, 1.82) is 0 Å². The first-order chi connectivity index (χ1) is 18.2. The van der Waals surface area contributed by atoms with Gasteiger partial charge in [-0.05, 0) is 48.5 Å².